The van der Waals surface area contributed by atoms with Gasteiger partial charge in [0, 0.05) is 4.47 Å². The van der Waals surface area contributed by atoms with Crippen LogP contribution < -0.4 is 5.73 Å². The van der Waals surface area contributed by atoms with Crippen LogP contribution in [-0.4, -0.2) is 8.42 Å². The second-order valence-electron chi connectivity index (χ2n) is 4.34. The molecule has 0 unspecified atom stereocenters. The normalized spacial score (nSPS) is 11.5. The van der Waals surface area contributed by atoms with Gasteiger partial charge >= 0.3 is 0 Å². The van der Waals surface area contributed by atoms with Crippen LogP contribution in [0.4, 0.5) is 5.69 Å². The van der Waals surface area contributed by atoms with Crippen molar-refractivity contribution in [1.29, 1.82) is 0 Å². The number of hydrogen-bond acceptors (Lipinski definition) is 3. The van der Waals surface area contributed by atoms with E-state index in [1.807, 2.05) is 18.2 Å². The van der Waals surface area contributed by atoms with Crippen LogP contribution in [0.1, 0.15) is 11.1 Å². The number of nitrogens with two attached hydrogens (primary N) is 1. The molecular formula is C14H14BrNO2S. The van der Waals surface area contributed by atoms with Crippen LogP contribution >= 0.6 is 15.9 Å². The maximum Gasteiger partial charge on any atom is 0.184 e. The van der Waals surface area contributed by atoms with Crippen molar-refractivity contribution in [3.8, 4) is 0 Å². The summed E-state index contributed by atoms with van der Waals surface area (Å²) in [5.74, 6) is -0.0674. The Morgan fingerprint density at radius 2 is 1.79 bits per heavy atom. The summed E-state index contributed by atoms with van der Waals surface area (Å²) in [6.45, 7) is 1.80. The molecule has 0 bridgehead atoms. The van der Waals surface area contributed by atoms with E-state index in [1.165, 1.54) is 0 Å². The topological polar surface area (TPSA) is 60.2 Å². The molecule has 0 radical (unpaired) electrons. The number of aryl methyl sites for hydroxylation is 1. The summed E-state index contributed by atoms with van der Waals surface area (Å²) in [5, 5.41) is 0. The standard InChI is InChI=1S/C14H14BrNO2S/c1-10-5-4-8-13(14(10)16)19(17,18)9-11-6-2-3-7-12(11)15/h2-8H,9,16H2,1H3. The first kappa shape index (κ1) is 14.1. The lowest BCUT2D eigenvalue weighted by atomic mass is 10.2. The van der Waals surface area contributed by atoms with Gasteiger partial charge in [-0.3, -0.25) is 0 Å². The minimum Gasteiger partial charge on any atom is -0.397 e. The summed E-state index contributed by atoms with van der Waals surface area (Å²) in [5.41, 5.74) is 7.69. The Balaban J connectivity index is 2.44. The minimum atomic E-state index is -3.44. The van der Waals surface area contributed by atoms with E-state index in [0.717, 1.165) is 15.6 Å². The van der Waals surface area contributed by atoms with Gasteiger partial charge in [-0.2, -0.15) is 0 Å². The zero-order chi connectivity index (χ0) is 14.0. The van der Waals surface area contributed by atoms with Gasteiger partial charge in [-0.25, -0.2) is 8.42 Å². The van der Waals surface area contributed by atoms with Gasteiger partial charge in [0.05, 0.1) is 16.3 Å². The van der Waals surface area contributed by atoms with E-state index in [0.29, 0.717) is 5.69 Å². The number of rotatable bonds is 3. The third kappa shape index (κ3) is 2.98. The van der Waals surface area contributed by atoms with Crippen molar-refractivity contribution in [2.75, 3.05) is 5.73 Å². The van der Waals surface area contributed by atoms with Crippen LogP contribution in [0.25, 0.3) is 0 Å². The zero-order valence-corrected chi connectivity index (χ0v) is 12.8. The first-order chi connectivity index (χ1) is 8.92. The van der Waals surface area contributed by atoms with Gasteiger partial charge in [-0.05, 0) is 30.2 Å². The Bertz CT molecular complexity index is 711. The van der Waals surface area contributed by atoms with Gasteiger partial charge in [-0.15, -0.1) is 0 Å². The van der Waals surface area contributed by atoms with Crippen molar-refractivity contribution < 1.29 is 8.42 Å². The quantitative estimate of drug-likeness (QED) is 0.872. The Morgan fingerprint density at radius 3 is 2.47 bits per heavy atom. The van der Waals surface area contributed by atoms with Crippen molar-refractivity contribution in [2.45, 2.75) is 17.6 Å². The molecule has 0 aliphatic carbocycles. The van der Waals surface area contributed by atoms with E-state index < -0.39 is 9.84 Å². The molecule has 0 saturated carbocycles. The molecule has 100 valence electrons. The second-order valence-corrected chi connectivity index (χ2v) is 7.15. The predicted octanol–water partition coefficient (Wildman–Crippen LogP) is 3.31. The summed E-state index contributed by atoms with van der Waals surface area (Å²) < 4.78 is 25.6. The van der Waals surface area contributed by atoms with Crippen molar-refractivity contribution in [2.24, 2.45) is 0 Å². The van der Waals surface area contributed by atoms with Crippen LogP contribution in [0.5, 0.6) is 0 Å². The molecule has 0 fully saturated rings. The van der Waals surface area contributed by atoms with Gasteiger partial charge in [0.1, 0.15) is 0 Å². The monoisotopic (exact) mass is 339 g/mol. The van der Waals surface area contributed by atoms with E-state index in [2.05, 4.69) is 15.9 Å². The molecule has 2 rings (SSSR count). The summed E-state index contributed by atoms with van der Waals surface area (Å²) >= 11 is 3.36. The van der Waals surface area contributed by atoms with Crippen LogP contribution in [0.2, 0.25) is 0 Å². The van der Waals surface area contributed by atoms with E-state index in [4.69, 9.17) is 5.73 Å². The lowest BCUT2D eigenvalue weighted by molar-refractivity contribution is 0.595. The minimum absolute atomic E-state index is 0.0674. The highest BCUT2D eigenvalue weighted by atomic mass is 79.9. The number of hydrogen-bond donors (Lipinski definition) is 1. The molecule has 0 amide bonds. The predicted molar refractivity (Wildman–Crippen MR) is 80.6 cm³/mol. The average molecular weight is 340 g/mol. The largest absolute Gasteiger partial charge is 0.397 e. The molecule has 19 heavy (non-hydrogen) atoms. The maximum absolute atomic E-state index is 12.4. The fourth-order valence-electron chi connectivity index (χ4n) is 1.82. The smallest absolute Gasteiger partial charge is 0.184 e. The number of sulfone groups is 1. The van der Waals surface area contributed by atoms with Gasteiger partial charge < -0.3 is 5.73 Å². The Morgan fingerprint density at radius 1 is 1.11 bits per heavy atom. The lowest BCUT2D eigenvalue weighted by Gasteiger charge is -2.10. The van der Waals surface area contributed by atoms with E-state index in [1.54, 1.807) is 31.2 Å². The van der Waals surface area contributed by atoms with E-state index >= 15 is 0 Å². The van der Waals surface area contributed by atoms with Gasteiger partial charge in [0.25, 0.3) is 0 Å². The first-order valence-corrected chi connectivity index (χ1v) is 8.17. The first-order valence-electron chi connectivity index (χ1n) is 5.73. The fraction of sp³-hybridized carbons (Fsp3) is 0.143. The van der Waals surface area contributed by atoms with Crippen LogP contribution in [-0.2, 0) is 15.6 Å². The number of nitrogen functional groups attached to an aromatic ring is 1. The molecule has 0 aliphatic heterocycles. The maximum atomic E-state index is 12.4. The molecule has 0 saturated heterocycles. The molecule has 2 aromatic rings. The van der Waals surface area contributed by atoms with Gasteiger partial charge in [0.15, 0.2) is 9.84 Å². The summed E-state index contributed by atoms with van der Waals surface area (Å²) in [6.07, 6.45) is 0. The summed E-state index contributed by atoms with van der Waals surface area (Å²) in [7, 11) is -3.44. The molecule has 0 heterocycles. The number of benzene rings is 2. The molecule has 2 N–H and O–H groups in total. The Labute approximate surface area is 121 Å². The fourth-order valence-corrected chi connectivity index (χ4v) is 4.03. The third-order valence-electron chi connectivity index (χ3n) is 2.92. The highest BCUT2D eigenvalue weighted by Gasteiger charge is 2.20. The van der Waals surface area contributed by atoms with Crippen LogP contribution in [0.15, 0.2) is 51.8 Å². The molecule has 0 spiro atoms. The van der Waals surface area contributed by atoms with Crippen LogP contribution in [0, 0.1) is 6.92 Å². The highest BCUT2D eigenvalue weighted by Crippen LogP contribution is 2.27. The number of para-hydroxylation sites is 1. The van der Waals surface area contributed by atoms with Crippen molar-refractivity contribution >= 4 is 31.5 Å². The third-order valence-corrected chi connectivity index (χ3v) is 5.41. The highest BCUT2D eigenvalue weighted by molar-refractivity contribution is 9.10. The summed E-state index contributed by atoms with van der Waals surface area (Å²) in [4.78, 5) is 0.197. The average Bonchev–Trinajstić information content (AvgIpc) is 2.35. The Hall–Kier alpha value is -1.33. The van der Waals surface area contributed by atoms with Gasteiger partial charge in [0.2, 0.25) is 0 Å². The molecule has 0 aliphatic rings. The van der Waals surface area contributed by atoms with Gasteiger partial charge in [-0.1, -0.05) is 46.3 Å². The van der Waals surface area contributed by atoms with Crippen molar-refractivity contribution in [1.82, 2.24) is 0 Å². The lowest BCUT2D eigenvalue weighted by Crippen LogP contribution is -2.09. The molecule has 0 aromatic heterocycles. The Kier molecular flexibility index (Phi) is 3.96. The van der Waals surface area contributed by atoms with E-state index in [9.17, 15) is 8.42 Å². The zero-order valence-electron chi connectivity index (χ0n) is 10.4. The number of halogens is 1. The molecule has 5 heteroatoms. The SMILES string of the molecule is Cc1cccc(S(=O)(=O)Cc2ccccc2Br)c1N. The molecule has 3 nitrogen and oxygen atoms in total. The number of anilines is 1. The molecule has 0 atom stereocenters. The molecular weight excluding hydrogens is 326 g/mol. The van der Waals surface area contributed by atoms with Crippen LogP contribution in [0.3, 0.4) is 0 Å². The van der Waals surface area contributed by atoms with E-state index in [-0.39, 0.29) is 10.6 Å². The summed E-state index contributed by atoms with van der Waals surface area (Å²) in [6, 6.07) is 12.3. The van der Waals surface area contributed by atoms with Crippen molar-refractivity contribution in [3.05, 3.63) is 58.1 Å². The molecule has 2 aromatic carbocycles. The second kappa shape index (κ2) is 5.35. The van der Waals surface area contributed by atoms with Crippen molar-refractivity contribution in [3.63, 3.8) is 0 Å².